The normalized spacial score (nSPS) is 16.1. The number of nitrogen functional groups attached to an aromatic ring is 1. The van der Waals surface area contributed by atoms with Crippen LogP contribution in [-0.2, 0) is 0 Å². The largest absolute Gasteiger partial charge is 0.351 e. The first-order valence-electron chi connectivity index (χ1n) is 7.26. The Morgan fingerprint density at radius 2 is 2.15 bits per heavy atom. The zero-order valence-corrected chi connectivity index (χ0v) is 12.5. The summed E-state index contributed by atoms with van der Waals surface area (Å²) in [5.41, 5.74) is 4.35. The molecule has 110 valence electrons. The lowest BCUT2D eigenvalue weighted by Gasteiger charge is -2.15. The molecule has 0 aromatic carbocycles. The molecule has 1 aromatic rings. The number of carbonyl (C=O) groups is 1. The van der Waals surface area contributed by atoms with Crippen molar-refractivity contribution in [3.63, 3.8) is 0 Å². The number of aromatic nitrogens is 1. The van der Waals surface area contributed by atoms with Gasteiger partial charge in [0, 0.05) is 17.8 Å². The van der Waals surface area contributed by atoms with Gasteiger partial charge in [0.15, 0.2) is 0 Å². The maximum Gasteiger partial charge on any atom is 0.251 e. The molecule has 2 rings (SSSR count). The Balaban J connectivity index is 2.10. The molecule has 0 atom stereocenters. The molecular formula is C15H24N4O. The number of hydrogen-bond donors (Lipinski definition) is 3. The van der Waals surface area contributed by atoms with Gasteiger partial charge in [0.1, 0.15) is 5.82 Å². The third-order valence-corrected chi connectivity index (χ3v) is 4.18. The number of carbonyl (C=O) groups excluding carboxylic acids is 1. The molecule has 1 aliphatic rings. The van der Waals surface area contributed by atoms with Gasteiger partial charge in [-0.15, -0.1) is 0 Å². The Labute approximate surface area is 120 Å². The number of hydrazine groups is 1. The standard InChI is InChI=1S/C15H24N4O/c1-4-15(5-6-15)9-17-14(20)11-7-12(10(2)3)18-13(8-11)19-16/h7-8,10H,4-6,9,16H2,1-3H3,(H,17,20)(H,18,19). The summed E-state index contributed by atoms with van der Waals surface area (Å²) in [6.07, 6.45) is 3.55. The van der Waals surface area contributed by atoms with Gasteiger partial charge in [0.05, 0.1) is 0 Å². The van der Waals surface area contributed by atoms with Crippen LogP contribution in [0.2, 0.25) is 0 Å². The van der Waals surface area contributed by atoms with Crippen LogP contribution in [0.15, 0.2) is 12.1 Å². The predicted octanol–water partition coefficient (Wildman–Crippen LogP) is 2.41. The van der Waals surface area contributed by atoms with E-state index >= 15 is 0 Å². The summed E-state index contributed by atoms with van der Waals surface area (Å²) in [6.45, 7) is 7.02. The molecule has 5 nitrogen and oxygen atoms in total. The quantitative estimate of drug-likeness (QED) is 0.550. The smallest absolute Gasteiger partial charge is 0.251 e. The minimum atomic E-state index is -0.0504. The summed E-state index contributed by atoms with van der Waals surface area (Å²) in [4.78, 5) is 16.6. The van der Waals surface area contributed by atoms with Gasteiger partial charge in [-0.1, -0.05) is 20.8 Å². The van der Waals surface area contributed by atoms with Crippen molar-refractivity contribution in [3.05, 3.63) is 23.4 Å². The van der Waals surface area contributed by atoms with Gasteiger partial charge in [0.2, 0.25) is 0 Å². The zero-order chi connectivity index (χ0) is 14.8. The maximum atomic E-state index is 12.3. The van der Waals surface area contributed by atoms with Crippen molar-refractivity contribution in [2.24, 2.45) is 11.3 Å². The number of rotatable bonds is 6. The first-order valence-corrected chi connectivity index (χ1v) is 7.26. The molecule has 1 amide bonds. The summed E-state index contributed by atoms with van der Waals surface area (Å²) in [5, 5.41) is 3.03. The van der Waals surface area contributed by atoms with Gasteiger partial charge < -0.3 is 10.7 Å². The van der Waals surface area contributed by atoms with Crippen molar-refractivity contribution in [3.8, 4) is 0 Å². The van der Waals surface area contributed by atoms with Crippen molar-refractivity contribution in [1.82, 2.24) is 10.3 Å². The Kier molecular flexibility index (Phi) is 4.28. The van der Waals surface area contributed by atoms with Crippen LogP contribution in [0.4, 0.5) is 5.82 Å². The molecular weight excluding hydrogens is 252 g/mol. The summed E-state index contributed by atoms with van der Waals surface area (Å²) < 4.78 is 0. The van der Waals surface area contributed by atoms with Crippen LogP contribution in [0.5, 0.6) is 0 Å². The van der Waals surface area contributed by atoms with Crippen LogP contribution < -0.4 is 16.6 Å². The molecule has 1 fully saturated rings. The number of pyridine rings is 1. The first kappa shape index (κ1) is 14.8. The van der Waals surface area contributed by atoms with E-state index in [1.165, 1.54) is 12.8 Å². The zero-order valence-electron chi connectivity index (χ0n) is 12.5. The molecule has 1 aliphatic carbocycles. The van der Waals surface area contributed by atoms with Crippen LogP contribution in [0.1, 0.15) is 62.0 Å². The Hall–Kier alpha value is -1.62. The number of anilines is 1. The highest BCUT2D eigenvalue weighted by Crippen LogP contribution is 2.47. The third kappa shape index (κ3) is 3.28. The fourth-order valence-electron chi connectivity index (χ4n) is 2.25. The Morgan fingerprint density at radius 3 is 2.65 bits per heavy atom. The van der Waals surface area contributed by atoms with E-state index in [-0.39, 0.29) is 11.8 Å². The van der Waals surface area contributed by atoms with Gasteiger partial charge in [-0.2, -0.15) is 0 Å². The highest BCUT2D eigenvalue weighted by Gasteiger charge is 2.40. The molecule has 20 heavy (non-hydrogen) atoms. The summed E-state index contributed by atoms with van der Waals surface area (Å²) in [7, 11) is 0. The molecule has 0 unspecified atom stereocenters. The van der Waals surface area contributed by atoms with Crippen molar-refractivity contribution < 1.29 is 4.79 Å². The predicted molar refractivity (Wildman–Crippen MR) is 80.4 cm³/mol. The summed E-state index contributed by atoms with van der Waals surface area (Å²) >= 11 is 0. The van der Waals surface area contributed by atoms with Crippen LogP contribution in [0.3, 0.4) is 0 Å². The van der Waals surface area contributed by atoms with E-state index in [0.29, 0.717) is 16.8 Å². The van der Waals surface area contributed by atoms with Crippen molar-refractivity contribution in [2.75, 3.05) is 12.0 Å². The van der Waals surface area contributed by atoms with E-state index in [9.17, 15) is 4.79 Å². The van der Waals surface area contributed by atoms with E-state index in [2.05, 4.69) is 22.7 Å². The lowest BCUT2D eigenvalue weighted by molar-refractivity contribution is 0.0944. The van der Waals surface area contributed by atoms with E-state index in [1.54, 1.807) is 6.07 Å². The molecule has 0 bridgehead atoms. The van der Waals surface area contributed by atoms with Crippen LogP contribution in [0, 0.1) is 5.41 Å². The van der Waals surface area contributed by atoms with Gasteiger partial charge >= 0.3 is 0 Å². The lowest BCUT2D eigenvalue weighted by atomic mass is 10.0. The highest BCUT2D eigenvalue weighted by atomic mass is 16.1. The van der Waals surface area contributed by atoms with Crippen LogP contribution in [-0.4, -0.2) is 17.4 Å². The number of nitrogens with zero attached hydrogens (tertiary/aromatic N) is 1. The molecule has 0 saturated heterocycles. The van der Waals surface area contributed by atoms with E-state index in [4.69, 9.17) is 5.84 Å². The molecule has 4 N–H and O–H groups in total. The molecule has 1 aromatic heterocycles. The van der Waals surface area contributed by atoms with Gasteiger partial charge in [0.25, 0.3) is 5.91 Å². The molecule has 0 radical (unpaired) electrons. The second-order valence-corrected chi connectivity index (χ2v) is 6.00. The van der Waals surface area contributed by atoms with Gasteiger partial charge in [-0.05, 0) is 42.7 Å². The minimum Gasteiger partial charge on any atom is -0.351 e. The van der Waals surface area contributed by atoms with Crippen LogP contribution in [0.25, 0.3) is 0 Å². The number of nitrogens with one attached hydrogen (secondary N) is 2. The lowest BCUT2D eigenvalue weighted by Crippen LogP contribution is -2.30. The number of hydrogen-bond acceptors (Lipinski definition) is 4. The van der Waals surface area contributed by atoms with Crippen molar-refractivity contribution in [1.29, 1.82) is 0 Å². The first-order chi connectivity index (χ1) is 9.49. The minimum absolute atomic E-state index is 0.0504. The molecule has 5 heteroatoms. The molecule has 0 spiro atoms. The fourth-order valence-corrected chi connectivity index (χ4v) is 2.25. The second-order valence-electron chi connectivity index (χ2n) is 6.00. The Morgan fingerprint density at radius 1 is 1.45 bits per heavy atom. The van der Waals surface area contributed by atoms with E-state index in [1.807, 2.05) is 19.9 Å². The topological polar surface area (TPSA) is 80.0 Å². The van der Waals surface area contributed by atoms with Crippen molar-refractivity contribution >= 4 is 11.7 Å². The van der Waals surface area contributed by atoms with Gasteiger partial charge in [-0.25, -0.2) is 10.8 Å². The fraction of sp³-hybridized carbons (Fsp3) is 0.600. The number of nitrogens with two attached hydrogens (primary N) is 1. The SMILES string of the molecule is CCC1(CNC(=O)c2cc(NN)nc(C(C)C)c2)CC1. The highest BCUT2D eigenvalue weighted by molar-refractivity contribution is 5.95. The number of amides is 1. The van der Waals surface area contributed by atoms with Gasteiger partial charge in [-0.3, -0.25) is 4.79 Å². The average molecular weight is 276 g/mol. The van der Waals surface area contributed by atoms with Crippen molar-refractivity contribution in [2.45, 2.75) is 46.0 Å². The second kappa shape index (κ2) is 5.79. The third-order valence-electron chi connectivity index (χ3n) is 4.18. The Bertz CT molecular complexity index is 495. The summed E-state index contributed by atoms with van der Waals surface area (Å²) in [6, 6.07) is 3.53. The molecule has 0 aliphatic heterocycles. The van der Waals surface area contributed by atoms with E-state index in [0.717, 1.165) is 18.7 Å². The van der Waals surface area contributed by atoms with Crippen LogP contribution >= 0.6 is 0 Å². The van der Waals surface area contributed by atoms with E-state index < -0.39 is 0 Å². The molecule has 1 heterocycles. The average Bonchev–Trinajstić information content (AvgIpc) is 3.24. The monoisotopic (exact) mass is 276 g/mol. The summed E-state index contributed by atoms with van der Waals surface area (Å²) in [5.74, 6) is 6.14. The molecule has 1 saturated carbocycles. The maximum absolute atomic E-state index is 12.3.